The normalized spacial score (nSPS) is 18.5. The summed E-state index contributed by atoms with van der Waals surface area (Å²) in [6.45, 7) is 10.1. The number of piperidine rings is 1. The van der Waals surface area contributed by atoms with Crippen molar-refractivity contribution in [1.29, 1.82) is 0 Å². The van der Waals surface area contributed by atoms with E-state index in [0.717, 1.165) is 46.3 Å². The fourth-order valence-corrected chi connectivity index (χ4v) is 8.13. The third kappa shape index (κ3) is 4.76. The van der Waals surface area contributed by atoms with E-state index in [2.05, 4.69) is 27.9 Å². The van der Waals surface area contributed by atoms with Gasteiger partial charge in [0.2, 0.25) is 10.0 Å². The number of ketones is 1. The number of nitrogens with zero attached hydrogens (tertiary/aromatic N) is 2. The third-order valence-corrected chi connectivity index (χ3v) is 10.9. The highest BCUT2D eigenvalue weighted by atomic mass is 32.2. The first kappa shape index (κ1) is 26.8. The number of aryl methyl sites for hydroxylation is 2. The first-order valence-corrected chi connectivity index (χ1v) is 15.1. The molecule has 1 aromatic carbocycles. The topological polar surface area (TPSA) is 104 Å². The van der Waals surface area contributed by atoms with Gasteiger partial charge in [-0.2, -0.15) is 0 Å². The van der Waals surface area contributed by atoms with E-state index in [4.69, 9.17) is 0 Å². The number of carbonyl (C=O) groups excluding carboxylic acids is 1. The maximum Gasteiger partial charge on any atom is 0.251 e. The molecule has 204 valence electrons. The second-order valence-corrected chi connectivity index (χ2v) is 13.2. The largest absolute Gasteiger partial charge is 0.341 e. The molecule has 2 aliphatic rings. The number of para-hydroxylation sites is 1. The fourth-order valence-electron chi connectivity index (χ4n) is 6.33. The van der Waals surface area contributed by atoms with Gasteiger partial charge in [0.05, 0.1) is 0 Å². The van der Waals surface area contributed by atoms with Gasteiger partial charge in [0.25, 0.3) is 5.56 Å². The fraction of sp³-hybridized carbons (Fsp3) is 0.517. The Bertz CT molecular complexity index is 1530. The van der Waals surface area contributed by atoms with Gasteiger partial charge in [-0.1, -0.05) is 18.2 Å². The molecule has 0 saturated carbocycles. The van der Waals surface area contributed by atoms with Gasteiger partial charge < -0.3 is 14.9 Å². The van der Waals surface area contributed by atoms with Gasteiger partial charge in [0.1, 0.15) is 5.25 Å². The number of fused-ring (bicyclic) bond motifs is 1. The van der Waals surface area contributed by atoms with Crippen molar-refractivity contribution in [3.05, 3.63) is 68.8 Å². The molecule has 2 N–H and O–H groups in total. The summed E-state index contributed by atoms with van der Waals surface area (Å²) in [6, 6.07) is 10.1. The zero-order chi connectivity index (χ0) is 27.2. The van der Waals surface area contributed by atoms with Crippen LogP contribution in [0.15, 0.2) is 35.1 Å². The van der Waals surface area contributed by atoms with Crippen LogP contribution in [-0.4, -0.2) is 59.5 Å². The maximum absolute atomic E-state index is 13.6. The number of pyridine rings is 1. The quantitative estimate of drug-likeness (QED) is 0.426. The van der Waals surface area contributed by atoms with Crippen molar-refractivity contribution in [2.75, 3.05) is 26.2 Å². The molecule has 5 rings (SSSR count). The predicted molar refractivity (Wildman–Crippen MR) is 150 cm³/mol. The van der Waals surface area contributed by atoms with Crippen LogP contribution >= 0.6 is 0 Å². The standard InChI is InChI=1S/C29H38N4O4S/c1-18-15-19(2)31-29(35)24(18)9-10-27(34)28-21(4)33(26-8-6-5-7-25(26)28)20(3)22-11-13-32(14-12-22)38(36,37)23-16-30-17-23/h5-8,15,20,22-23,30H,9-14,16-17H2,1-4H3,(H,31,35)/t20-/m1/s1. The zero-order valence-electron chi connectivity index (χ0n) is 22.7. The minimum Gasteiger partial charge on any atom is -0.341 e. The number of aromatic nitrogens is 2. The molecule has 3 aromatic rings. The number of rotatable bonds is 8. The predicted octanol–water partition coefficient (Wildman–Crippen LogP) is 3.64. The molecule has 9 heteroatoms. The highest BCUT2D eigenvalue weighted by Crippen LogP contribution is 2.37. The van der Waals surface area contributed by atoms with Crippen LogP contribution in [0.3, 0.4) is 0 Å². The maximum atomic E-state index is 13.6. The van der Waals surface area contributed by atoms with Crippen molar-refractivity contribution < 1.29 is 13.2 Å². The molecule has 2 fully saturated rings. The molecule has 0 bridgehead atoms. The first-order chi connectivity index (χ1) is 18.1. The van der Waals surface area contributed by atoms with Crippen molar-refractivity contribution in [2.45, 2.75) is 64.7 Å². The van der Waals surface area contributed by atoms with Gasteiger partial charge in [-0.3, -0.25) is 9.59 Å². The molecule has 0 amide bonds. The monoisotopic (exact) mass is 538 g/mol. The van der Waals surface area contributed by atoms with E-state index in [1.807, 2.05) is 45.0 Å². The van der Waals surface area contributed by atoms with Gasteiger partial charge in [-0.25, -0.2) is 12.7 Å². The molecular weight excluding hydrogens is 500 g/mol. The number of nitrogens with one attached hydrogen (secondary N) is 2. The van der Waals surface area contributed by atoms with E-state index in [0.29, 0.717) is 44.1 Å². The number of sulfonamides is 1. The lowest BCUT2D eigenvalue weighted by Gasteiger charge is -2.38. The molecule has 2 aliphatic heterocycles. The number of aromatic amines is 1. The van der Waals surface area contributed by atoms with E-state index in [9.17, 15) is 18.0 Å². The molecule has 0 unspecified atom stereocenters. The first-order valence-electron chi connectivity index (χ1n) is 13.6. The third-order valence-electron chi connectivity index (χ3n) is 8.64. The van der Waals surface area contributed by atoms with E-state index < -0.39 is 10.0 Å². The van der Waals surface area contributed by atoms with Crippen LogP contribution in [0, 0.1) is 26.7 Å². The molecule has 2 aromatic heterocycles. The van der Waals surface area contributed by atoms with Gasteiger partial charge in [-0.05, 0) is 70.6 Å². The van der Waals surface area contributed by atoms with Crippen LogP contribution in [0.4, 0.5) is 0 Å². The number of benzene rings is 1. The Morgan fingerprint density at radius 3 is 2.42 bits per heavy atom. The van der Waals surface area contributed by atoms with E-state index >= 15 is 0 Å². The van der Waals surface area contributed by atoms with E-state index in [-0.39, 0.29) is 29.1 Å². The Hall–Kier alpha value is -2.75. The molecule has 38 heavy (non-hydrogen) atoms. The summed E-state index contributed by atoms with van der Waals surface area (Å²) < 4.78 is 29.7. The van der Waals surface area contributed by atoms with Crippen molar-refractivity contribution in [1.82, 2.24) is 19.2 Å². The number of H-pyrrole nitrogens is 1. The van der Waals surface area contributed by atoms with Crippen molar-refractivity contribution >= 4 is 26.7 Å². The summed E-state index contributed by atoms with van der Waals surface area (Å²) in [4.78, 5) is 28.9. The van der Waals surface area contributed by atoms with Crippen molar-refractivity contribution in [2.24, 2.45) is 5.92 Å². The number of hydrogen-bond donors (Lipinski definition) is 2. The minimum atomic E-state index is -3.23. The summed E-state index contributed by atoms with van der Waals surface area (Å²) >= 11 is 0. The lowest BCUT2D eigenvalue weighted by Crippen LogP contribution is -2.57. The average molecular weight is 539 g/mol. The van der Waals surface area contributed by atoms with Gasteiger partial charge in [-0.15, -0.1) is 0 Å². The lowest BCUT2D eigenvalue weighted by molar-refractivity contribution is 0.0983. The Morgan fingerprint density at radius 1 is 1.11 bits per heavy atom. The lowest BCUT2D eigenvalue weighted by atomic mass is 9.91. The van der Waals surface area contributed by atoms with Crippen LogP contribution in [0.25, 0.3) is 10.9 Å². The summed E-state index contributed by atoms with van der Waals surface area (Å²) in [7, 11) is -3.23. The minimum absolute atomic E-state index is 0.0408. The average Bonchev–Trinajstić information content (AvgIpc) is 3.13. The molecule has 2 saturated heterocycles. The summed E-state index contributed by atoms with van der Waals surface area (Å²) in [5.74, 6) is 0.353. The highest BCUT2D eigenvalue weighted by molar-refractivity contribution is 7.89. The van der Waals surface area contributed by atoms with Crippen LogP contribution in [0.5, 0.6) is 0 Å². The SMILES string of the molecule is Cc1cc(C)c(CCC(=O)c2c(C)n([C@H](C)C3CCN(S(=O)(=O)C4CNC4)CC3)c3ccccc23)c(=O)[nH]1. The van der Waals surface area contributed by atoms with Gasteiger partial charge >= 0.3 is 0 Å². The Labute approximate surface area is 224 Å². The molecule has 0 radical (unpaired) electrons. The summed E-state index contributed by atoms with van der Waals surface area (Å²) in [6.07, 6.45) is 2.26. The van der Waals surface area contributed by atoms with Crippen LogP contribution in [0.2, 0.25) is 0 Å². The second-order valence-electron chi connectivity index (χ2n) is 11.0. The van der Waals surface area contributed by atoms with E-state index in [1.165, 1.54) is 0 Å². The molecular formula is C29H38N4O4S. The Kier molecular flexibility index (Phi) is 7.37. The number of carbonyl (C=O) groups is 1. The van der Waals surface area contributed by atoms with Gasteiger partial charge in [0, 0.05) is 72.1 Å². The molecule has 0 aliphatic carbocycles. The smallest absolute Gasteiger partial charge is 0.251 e. The number of hydrogen-bond acceptors (Lipinski definition) is 5. The van der Waals surface area contributed by atoms with E-state index in [1.54, 1.807) is 4.31 Å². The van der Waals surface area contributed by atoms with Crippen molar-refractivity contribution in [3.63, 3.8) is 0 Å². The van der Waals surface area contributed by atoms with Crippen molar-refractivity contribution in [3.8, 4) is 0 Å². The molecule has 1 atom stereocenters. The molecule has 4 heterocycles. The van der Waals surface area contributed by atoms with Crippen LogP contribution < -0.4 is 10.9 Å². The summed E-state index contributed by atoms with van der Waals surface area (Å²) in [5, 5.41) is 3.71. The summed E-state index contributed by atoms with van der Waals surface area (Å²) in [5.41, 5.74) is 4.97. The van der Waals surface area contributed by atoms with Crippen LogP contribution in [0.1, 0.15) is 65.1 Å². The highest BCUT2D eigenvalue weighted by Gasteiger charge is 2.39. The number of Topliss-reactive ketones (excluding diaryl/α,β-unsaturated/α-hetero) is 1. The Morgan fingerprint density at radius 2 is 1.79 bits per heavy atom. The van der Waals surface area contributed by atoms with Gasteiger partial charge in [0.15, 0.2) is 5.78 Å². The Balaban J connectivity index is 1.37. The second kappa shape index (κ2) is 10.4. The molecule has 8 nitrogen and oxygen atoms in total. The zero-order valence-corrected chi connectivity index (χ0v) is 23.5. The molecule has 0 spiro atoms. The van der Waals surface area contributed by atoms with Crippen LogP contribution in [-0.2, 0) is 16.4 Å².